The minimum absolute atomic E-state index is 0.0363. The summed E-state index contributed by atoms with van der Waals surface area (Å²) >= 11 is 0. The Balaban J connectivity index is 2.27. The van der Waals surface area contributed by atoms with E-state index in [-0.39, 0.29) is 11.7 Å². The van der Waals surface area contributed by atoms with Gasteiger partial charge < -0.3 is 9.84 Å². The largest absolute Gasteiger partial charge is 0.422 e. The number of rotatable bonds is 1. The number of hydrazine groups is 1. The Hall–Kier alpha value is -2.07. The fraction of sp³-hybridized carbons (Fsp3) is 0.0833. The predicted octanol–water partition coefficient (Wildman–Crippen LogP) is 1.46. The van der Waals surface area contributed by atoms with Crippen LogP contribution in [0.2, 0.25) is 0 Å². The van der Waals surface area contributed by atoms with Gasteiger partial charge in [0.2, 0.25) is 0 Å². The molecule has 1 aromatic carbocycles. The first kappa shape index (κ1) is 9.18. The molecule has 0 bridgehead atoms. The van der Waals surface area contributed by atoms with Gasteiger partial charge in [0, 0.05) is 23.2 Å². The molecule has 0 fully saturated rings. The molecule has 0 spiro atoms. The highest BCUT2D eigenvalue weighted by Gasteiger charge is 2.15. The Labute approximate surface area is 91.5 Å². The normalized spacial score (nSPS) is 18.9. The molecule has 0 saturated heterocycles. The van der Waals surface area contributed by atoms with Crippen LogP contribution in [-0.4, -0.2) is 0 Å². The van der Waals surface area contributed by atoms with Crippen LogP contribution in [-0.2, 0) is 0 Å². The van der Waals surface area contributed by atoms with E-state index in [1.807, 2.05) is 30.5 Å². The molecule has 2 aromatic rings. The van der Waals surface area contributed by atoms with Crippen molar-refractivity contribution in [2.45, 2.75) is 6.04 Å². The molecule has 0 radical (unpaired) electrons. The molecule has 1 aliphatic rings. The van der Waals surface area contributed by atoms with Crippen molar-refractivity contribution >= 4 is 11.0 Å². The van der Waals surface area contributed by atoms with Gasteiger partial charge in [0.15, 0.2) is 0 Å². The van der Waals surface area contributed by atoms with Crippen molar-refractivity contribution in [2.24, 2.45) is 0 Å². The van der Waals surface area contributed by atoms with E-state index < -0.39 is 0 Å². The molecule has 0 amide bonds. The Morgan fingerprint density at radius 3 is 2.94 bits per heavy atom. The maximum atomic E-state index is 11.2. The number of hydrogen-bond acceptors (Lipinski definition) is 4. The lowest BCUT2D eigenvalue weighted by atomic mass is 10.0. The molecule has 1 aromatic heterocycles. The first-order valence-corrected chi connectivity index (χ1v) is 5.05. The fourth-order valence-electron chi connectivity index (χ4n) is 1.87. The van der Waals surface area contributed by atoms with Gasteiger partial charge in [-0.2, -0.15) is 0 Å². The van der Waals surface area contributed by atoms with E-state index in [1.54, 1.807) is 6.07 Å². The molecule has 1 aliphatic heterocycles. The number of benzene rings is 1. The van der Waals surface area contributed by atoms with Crippen molar-refractivity contribution < 1.29 is 4.42 Å². The second-order valence-electron chi connectivity index (χ2n) is 3.65. The van der Waals surface area contributed by atoms with Gasteiger partial charge >= 0.3 is 5.63 Å². The van der Waals surface area contributed by atoms with E-state index in [4.69, 9.17) is 4.42 Å². The Bertz CT molecular complexity index is 616. The third-order valence-corrected chi connectivity index (χ3v) is 2.62. The van der Waals surface area contributed by atoms with Crippen molar-refractivity contribution in [1.29, 1.82) is 0 Å². The zero-order valence-corrected chi connectivity index (χ0v) is 8.44. The fourth-order valence-corrected chi connectivity index (χ4v) is 1.87. The third kappa shape index (κ3) is 1.40. The number of hydrogen-bond donors (Lipinski definition) is 2. The SMILES string of the molecule is O=c1ccc2cccc(C3C=CNN3)c2o1. The van der Waals surface area contributed by atoms with E-state index >= 15 is 0 Å². The van der Waals surface area contributed by atoms with Gasteiger partial charge in [0.05, 0.1) is 6.04 Å². The van der Waals surface area contributed by atoms with Crippen LogP contribution >= 0.6 is 0 Å². The topological polar surface area (TPSA) is 54.3 Å². The average molecular weight is 214 g/mol. The highest BCUT2D eigenvalue weighted by molar-refractivity contribution is 5.80. The van der Waals surface area contributed by atoms with Crippen LogP contribution in [0.1, 0.15) is 11.6 Å². The molecule has 0 saturated carbocycles. The summed E-state index contributed by atoms with van der Waals surface area (Å²) in [6, 6.07) is 9.06. The maximum absolute atomic E-state index is 11.2. The minimum atomic E-state index is -0.324. The highest BCUT2D eigenvalue weighted by Crippen LogP contribution is 2.24. The van der Waals surface area contributed by atoms with Crippen molar-refractivity contribution in [3.05, 3.63) is 58.6 Å². The van der Waals surface area contributed by atoms with E-state index in [0.717, 1.165) is 10.9 Å². The molecule has 2 heterocycles. The predicted molar refractivity (Wildman–Crippen MR) is 60.6 cm³/mol. The lowest BCUT2D eigenvalue weighted by Crippen LogP contribution is -2.24. The zero-order valence-electron chi connectivity index (χ0n) is 8.44. The van der Waals surface area contributed by atoms with Crippen LogP contribution in [0.4, 0.5) is 0 Å². The van der Waals surface area contributed by atoms with Gasteiger partial charge in [-0.25, -0.2) is 10.2 Å². The zero-order chi connectivity index (χ0) is 11.0. The number of para-hydroxylation sites is 1. The van der Waals surface area contributed by atoms with Gasteiger partial charge in [0.1, 0.15) is 5.58 Å². The molecule has 4 heteroatoms. The summed E-state index contributed by atoms with van der Waals surface area (Å²) in [6.07, 6.45) is 3.80. The third-order valence-electron chi connectivity index (χ3n) is 2.62. The standard InChI is InChI=1S/C12H10N2O2/c15-11-5-4-8-2-1-3-9(12(8)16-11)10-6-7-13-14-10/h1-7,10,13-14H. The van der Waals surface area contributed by atoms with Crippen molar-refractivity contribution in [3.8, 4) is 0 Å². The van der Waals surface area contributed by atoms with Crippen LogP contribution in [0.3, 0.4) is 0 Å². The van der Waals surface area contributed by atoms with Gasteiger partial charge in [-0.15, -0.1) is 0 Å². The summed E-state index contributed by atoms with van der Waals surface area (Å²) in [4.78, 5) is 11.2. The van der Waals surface area contributed by atoms with Gasteiger partial charge in [-0.1, -0.05) is 18.2 Å². The lowest BCUT2D eigenvalue weighted by Gasteiger charge is -2.10. The maximum Gasteiger partial charge on any atom is 0.336 e. The van der Waals surface area contributed by atoms with Gasteiger partial charge in [0.25, 0.3) is 0 Å². The molecule has 4 nitrogen and oxygen atoms in total. The summed E-state index contributed by atoms with van der Waals surface area (Å²) < 4.78 is 5.25. The first-order valence-electron chi connectivity index (χ1n) is 5.05. The van der Waals surface area contributed by atoms with E-state index in [0.29, 0.717) is 5.58 Å². The molecular formula is C12H10N2O2. The van der Waals surface area contributed by atoms with Crippen LogP contribution in [0, 0.1) is 0 Å². The van der Waals surface area contributed by atoms with Crippen molar-refractivity contribution in [3.63, 3.8) is 0 Å². The molecule has 1 unspecified atom stereocenters. The Morgan fingerprint density at radius 2 is 2.12 bits per heavy atom. The molecule has 0 aliphatic carbocycles. The van der Waals surface area contributed by atoms with Gasteiger partial charge in [-0.3, -0.25) is 0 Å². The van der Waals surface area contributed by atoms with Crippen LogP contribution in [0.15, 0.2) is 51.8 Å². The molecule has 80 valence electrons. The smallest absolute Gasteiger partial charge is 0.336 e. The van der Waals surface area contributed by atoms with Crippen LogP contribution in [0.5, 0.6) is 0 Å². The Morgan fingerprint density at radius 1 is 1.19 bits per heavy atom. The number of nitrogens with one attached hydrogen (secondary N) is 2. The monoisotopic (exact) mass is 214 g/mol. The van der Waals surface area contributed by atoms with Crippen molar-refractivity contribution in [1.82, 2.24) is 10.9 Å². The summed E-state index contributed by atoms with van der Waals surface area (Å²) in [5, 5.41) is 0.930. The summed E-state index contributed by atoms with van der Waals surface area (Å²) in [7, 11) is 0. The Kier molecular flexibility index (Phi) is 2.01. The second-order valence-corrected chi connectivity index (χ2v) is 3.65. The second kappa shape index (κ2) is 3.50. The van der Waals surface area contributed by atoms with Crippen LogP contribution in [0.25, 0.3) is 11.0 Å². The molecular weight excluding hydrogens is 204 g/mol. The minimum Gasteiger partial charge on any atom is -0.422 e. The first-order chi connectivity index (χ1) is 7.84. The highest BCUT2D eigenvalue weighted by atomic mass is 16.4. The van der Waals surface area contributed by atoms with E-state index in [2.05, 4.69) is 10.9 Å². The molecule has 2 N–H and O–H groups in total. The molecule has 16 heavy (non-hydrogen) atoms. The van der Waals surface area contributed by atoms with E-state index in [9.17, 15) is 4.79 Å². The average Bonchev–Trinajstić information content (AvgIpc) is 2.81. The molecule has 3 rings (SSSR count). The summed E-state index contributed by atoms with van der Waals surface area (Å²) in [5.41, 5.74) is 7.23. The summed E-state index contributed by atoms with van der Waals surface area (Å²) in [5.74, 6) is 0. The lowest BCUT2D eigenvalue weighted by molar-refractivity contribution is 0.544. The molecule has 1 atom stereocenters. The van der Waals surface area contributed by atoms with Crippen molar-refractivity contribution in [2.75, 3.05) is 0 Å². The van der Waals surface area contributed by atoms with Gasteiger partial charge in [-0.05, 0) is 12.1 Å². The number of fused-ring (bicyclic) bond motifs is 1. The van der Waals surface area contributed by atoms with Crippen LogP contribution < -0.4 is 16.5 Å². The van der Waals surface area contributed by atoms with E-state index in [1.165, 1.54) is 6.07 Å². The summed E-state index contributed by atoms with van der Waals surface area (Å²) in [6.45, 7) is 0. The quantitative estimate of drug-likeness (QED) is 0.705.